The summed E-state index contributed by atoms with van der Waals surface area (Å²) in [6.07, 6.45) is 0. The molecule has 0 aliphatic heterocycles. The van der Waals surface area contributed by atoms with Crippen molar-refractivity contribution in [1.29, 1.82) is 0 Å². The van der Waals surface area contributed by atoms with Gasteiger partial charge in [-0.2, -0.15) is 13.2 Å². The van der Waals surface area contributed by atoms with Crippen molar-refractivity contribution in [3.63, 3.8) is 0 Å². The van der Waals surface area contributed by atoms with E-state index < -0.39 is 15.3 Å². The van der Waals surface area contributed by atoms with Gasteiger partial charge in [-0.15, -0.1) is 0 Å². The van der Waals surface area contributed by atoms with E-state index in [4.69, 9.17) is 5.73 Å². The molecule has 2 aromatic carbocycles. The Kier molecular flexibility index (Phi) is 4.20. The van der Waals surface area contributed by atoms with Crippen molar-refractivity contribution in [2.24, 2.45) is 0 Å². The van der Waals surface area contributed by atoms with E-state index in [1.807, 2.05) is 0 Å². The first kappa shape index (κ1) is 15.7. The summed E-state index contributed by atoms with van der Waals surface area (Å²) in [7, 11) is -3.76. The summed E-state index contributed by atoms with van der Waals surface area (Å²) in [5.41, 5.74) is 1.50. The maximum atomic E-state index is 12.3. The summed E-state index contributed by atoms with van der Waals surface area (Å²) >= 11 is -0.294. The summed E-state index contributed by atoms with van der Waals surface area (Å²) in [6.45, 7) is 0. The average molecular weight is 333 g/mol. The van der Waals surface area contributed by atoms with Crippen LogP contribution in [0.2, 0.25) is 0 Å². The van der Waals surface area contributed by atoms with Gasteiger partial charge in [-0.1, -0.05) is 0 Å². The molecule has 0 saturated heterocycles. The molecule has 0 saturated carbocycles. The van der Waals surface area contributed by atoms with Crippen molar-refractivity contribution in [3.05, 3.63) is 48.5 Å². The molecule has 0 radical (unpaired) electrons. The number of halogens is 3. The molecule has 2 aromatic rings. The third kappa shape index (κ3) is 3.92. The molecule has 0 aliphatic rings. The van der Waals surface area contributed by atoms with Crippen molar-refractivity contribution in [3.8, 4) is 0 Å². The number of hydrogen-bond acceptors (Lipinski definition) is 4. The van der Waals surface area contributed by atoms with Crippen LogP contribution in [-0.2, 0) is 9.84 Å². The minimum Gasteiger partial charge on any atom is -0.399 e. The lowest BCUT2D eigenvalue weighted by atomic mass is 10.3. The predicted octanol–water partition coefficient (Wildman–Crippen LogP) is 3.71. The topological polar surface area (TPSA) is 60.2 Å². The molecule has 112 valence electrons. The van der Waals surface area contributed by atoms with Crippen LogP contribution in [0.3, 0.4) is 0 Å². The van der Waals surface area contributed by atoms with Gasteiger partial charge < -0.3 is 5.73 Å². The third-order valence-electron chi connectivity index (χ3n) is 2.56. The Morgan fingerprint density at radius 3 is 1.71 bits per heavy atom. The predicted molar refractivity (Wildman–Crippen MR) is 74.7 cm³/mol. The van der Waals surface area contributed by atoms with Gasteiger partial charge in [0.05, 0.1) is 9.79 Å². The van der Waals surface area contributed by atoms with Crippen LogP contribution in [0, 0.1) is 0 Å². The van der Waals surface area contributed by atoms with Gasteiger partial charge in [0, 0.05) is 10.6 Å². The van der Waals surface area contributed by atoms with Gasteiger partial charge in [-0.05, 0) is 60.3 Å². The van der Waals surface area contributed by atoms with Gasteiger partial charge in [0.1, 0.15) is 0 Å². The van der Waals surface area contributed by atoms with E-state index in [0.29, 0.717) is 5.69 Å². The fourth-order valence-electron chi connectivity index (χ4n) is 1.60. The fraction of sp³-hybridized carbons (Fsp3) is 0.0769. The van der Waals surface area contributed by atoms with Crippen LogP contribution in [0.15, 0.2) is 63.2 Å². The molecule has 3 nitrogen and oxygen atoms in total. The molecule has 8 heteroatoms. The van der Waals surface area contributed by atoms with Crippen molar-refractivity contribution < 1.29 is 21.6 Å². The quantitative estimate of drug-likeness (QED) is 0.687. The van der Waals surface area contributed by atoms with E-state index in [9.17, 15) is 21.6 Å². The van der Waals surface area contributed by atoms with Crippen LogP contribution in [0.1, 0.15) is 0 Å². The van der Waals surface area contributed by atoms with Crippen molar-refractivity contribution >= 4 is 27.3 Å². The van der Waals surface area contributed by atoms with Gasteiger partial charge in [-0.3, -0.25) is 0 Å². The molecule has 21 heavy (non-hydrogen) atoms. The monoisotopic (exact) mass is 333 g/mol. The smallest absolute Gasteiger partial charge is 0.399 e. The number of hydrogen-bond donors (Lipinski definition) is 1. The lowest BCUT2D eigenvalue weighted by molar-refractivity contribution is -0.0328. The van der Waals surface area contributed by atoms with Gasteiger partial charge in [-0.25, -0.2) is 8.42 Å². The van der Waals surface area contributed by atoms with E-state index in [0.717, 1.165) is 24.3 Å². The summed E-state index contributed by atoms with van der Waals surface area (Å²) in [5, 5.41) is 0. The van der Waals surface area contributed by atoms with Gasteiger partial charge in [0.2, 0.25) is 9.84 Å². The molecular weight excluding hydrogens is 323 g/mol. The number of sulfone groups is 1. The zero-order valence-corrected chi connectivity index (χ0v) is 12.1. The van der Waals surface area contributed by atoms with Crippen LogP contribution in [0.25, 0.3) is 0 Å². The lowest BCUT2D eigenvalue weighted by Crippen LogP contribution is -2.03. The Morgan fingerprint density at radius 1 is 0.857 bits per heavy atom. The molecule has 0 aliphatic carbocycles. The standard InChI is InChI=1S/C13H10F3NO2S2/c14-13(15,16)20-10-3-7-12(8-4-10)21(18,19)11-5-1-9(17)2-6-11/h1-8H,17H2. The first-order valence-corrected chi connectivity index (χ1v) is 7.95. The van der Waals surface area contributed by atoms with Crippen LogP contribution >= 0.6 is 11.8 Å². The largest absolute Gasteiger partial charge is 0.446 e. The number of alkyl halides is 3. The molecule has 0 unspecified atom stereocenters. The van der Waals surface area contributed by atoms with E-state index in [2.05, 4.69) is 0 Å². The molecule has 2 rings (SSSR count). The van der Waals surface area contributed by atoms with Crippen molar-refractivity contribution in [1.82, 2.24) is 0 Å². The number of benzene rings is 2. The second kappa shape index (κ2) is 5.61. The van der Waals surface area contributed by atoms with Crippen molar-refractivity contribution in [2.75, 3.05) is 5.73 Å². The number of anilines is 1. The molecule has 0 spiro atoms. The van der Waals surface area contributed by atoms with Crippen molar-refractivity contribution in [2.45, 2.75) is 20.2 Å². The highest BCUT2D eigenvalue weighted by atomic mass is 32.2. The zero-order valence-electron chi connectivity index (χ0n) is 10.5. The number of rotatable bonds is 3. The van der Waals surface area contributed by atoms with Crippen LogP contribution in [0.4, 0.5) is 18.9 Å². The second-order valence-corrected chi connectivity index (χ2v) is 7.18. The van der Waals surface area contributed by atoms with Gasteiger partial charge >= 0.3 is 5.51 Å². The fourth-order valence-corrected chi connectivity index (χ4v) is 3.40. The first-order valence-electron chi connectivity index (χ1n) is 5.65. The third-order valence-corrected chi connectivity index (χ3v) is 5.08. The van der Waals surface area contributed by atoms with Crippen LogP contribution in [0.5, 0.6) is 0 Å². The normalized spacial score (nSPS) is 12.3. The SMILES string of the molecule is Nc1ccc(S(=O)(=O)c2ccc(SC(F)(F)F)cc2)cc1. The minimum absolute atomic E-state index is 0.0351. The maximum Gasteiger partial charge on any atom is 0.446 e. The summed E-state index contributed by atoms with van der Waals surface area (Å²) in [5.74, 6) is 0. The van der Waals surface area contributed by atoms with Gasteiger partial charge in [0.15, 0.2) is 0 Å². The average Bonchev–Trinajstić information content (AvgIpc) is 2.38. The molecule has 0 fully saturated rings. The molecule has 0 atom stereocenters. The summed E-state index contributed by atoms with van der Waals surface area (Å²) in [4.78, 5) is -0.106. The molecule has 0 aromatic heterocycles. The molecular formula is C13H10F3NO2S2. The highest BCUT2D eigenvalue weighted by molar-refractivity contribution is 8.00. The zero-order chi connectivity index (χ0) is 15.7. The number of thioether (sulfide) groups is 1. The Labute approximate surface area is 123 Å². The van der Waals surface area contributed by atoms with Gasteiger partial charge in [0.25, 0.3) is 0 Å². The van der Waals surface area contributed by atoms with E-state index in [-0.39, 0.29) is 26.4 Å². The van der Waals surface area contributed by atoms with Crippen LogP contribution in [-0.4, -0.2) is 13.9 Å². The second-order valence-electron chi connectivity index (χ2n) is 4.09. The van der Waals surface area contributed by atoms with E-state index >= 15 is 0 Å². The summed E-state index contributed by atoms with van der Waals surface area (Å²) < 4.78 is 61.2. The Bertz CT molecular complexity index is 724. The Hall–Kier alpha value is -1.67. The maximum absolute atomic E-state index is 12.3. The Morgan fingerprint density at radius 2 is 1.29 bits per heavy atom. The highest BCUT2D eigenvalue weighted by Crippen LogP contribution is 2.37. The first-order chi connectivity index (χ1) is 9.68. The number of nitrogen functional groups attached to an aromatic ring is 1. The van der Waals surface area contributed by atoms with Crippen LogP contribution < -0.4 is 5.73 Å². The lowest BCUT2D eigenvalue weighted by Gasteiger charge is -2.08. The van der Waals surface area contributed by atoms with E-state index in [1.54, 1.807) is 0 Å². The summed E-state index contributed by atoms with van der Waals surface area (Å²) in [6, 6.07) is 10.2. The molecule has 2 N–H and O–H groups in total. The van der Waals surface area contributed by atoms with E-state index in [1.165, 1.54) is 24.3 Å². The number of nitrogens with two attached hydrogens (primary N) is 1. The molecule has 0 amide bonds. The minimum atomic E-state index is -4.41. The molecule has 0 bridgehead atoms. The highest BCUT2D eigenvalue weighted by Gasteiger charge is 2.29. The molecule has 0 heterocycles. The Balaban J connectivity index is 2.31.